The average Bonchev–Trinajstić information content (AvgIpc) is 3.83. The fourth-order valence-electron chi connectivity index (χ4n) is 11.6. The Kier molecular flexibility index (Phi) is 7.91. The van der Waals surface area contributed by atoms with Gasteiger partial charge in [-0.1, -0.05) is 214 Å². The van der Waals surface area contributed by atoms with Crippen LogP contribution in [-0.4, -0.2) is 6.10 Å². The predicted molar refractivity (Wildman–Crippen MR) is 262 cm³/mol. The molecule has 298 valence electrons. The zero-order chi connectivity index (χ0) is 41.8. The largest absolute Gasteiger partial charge is 0.484 e. The molecule has 3 unspecified atom stereocenters. The van der Waals surface area contributed by atoms with Gasteiger partial charge in [0.25, 0.3) is 0 Å². The van der Waals surface area contributed by atoms with Crippen LogP contribution in [0.2, 0.25) is 0 Å². The summed E-state index contributed by atoms with van der Waals surface area (Å²) in [7, 11) is 0. The molecule has 10 aromatic carbocycles. The van der Waals surface area contributed by atoms with Crippen molar-refractivity contribution in [3.05, 3.63) is 256 Å². The molecule has 0 saturated heterocycles. The lowest BCUT2D eigenvalue weighted by Gasteiger charge is -2.27. The van der Waals surface area contributed by atoms with E-state index in [1.807, 2.05) is 0 Å². The molecule has 10 aromatic rings. The second kappa shape index (κ2) is 13.8. The molecule has 3 atom stereocenters. The zero-order valence-corrected chi connectivity index (χ0v) is 35.3. The normalized spacial score (nSPS) is 17.0. The molecule has 2 aliphatic carbocycles. The lowest BCUT2D eigenvalue weighted by molar-refractivity contribution is 0.279. The van der Waals surface area contributed by atoms with E-state index in [4.69, 9.17) is 4.74 Å². The van der Waals surface area contributed by atoms with Crippen LogP contribution in [-0.2, 0) is 5.41 Å². The molecule has 1 nitrogen and oxygen atoms in total. The summed E-state index contributed by atoms with van der Waals surface area (Å²) in [5.74, 6) is 0.990. The molecule has 63 heavy (non-hydrogen) atoms. The molecule has 0 amide bonds. The van der Waals surface area contributed by atoms with Gasteiger partial charge in [-0.3, -0.25) is 0 Å². The first-order chi connectivity index (χ1) is 31.0. The van der Waals surface area contributed by atoms with E-state index in [1.54, 1.807) is 0 Å². The van der Waals surface area contributed by atoms with Crippen molar-refractivity contribution in [2.24, 2.45) is 0 Å². The van der Waals surface area contributed by atoms with Gasteiger partial charge >= 0.3 is 0 Å². The molecule has 0 spiro atoms. The number of fused-ring (bicyclic) bond motifs is 13. The molecule has 0 N–H and O–H groups in total. The van der Waals surface area contributed by atoms with Crippen LogP contribution < -0.4 is 15.2 Å². The molecule has 13 rings (SSSR count). The third kappa shape index (κ3) is 5.42. The van der Waals surface area contributed by atoms with E-state index in [0.29, 0.717) is 0 Å². The summed E-state index contributed by atoms with van der Waals surface area (Å²) in [6.07, 6.45) is 2.29. The number of benzene rings is 10. The highest BCUT2D eigenvalue weighted by Crippen LogP contribution is 2.53. The molecule has 0 radical (unpaired) electrons. The van der Waals surface area contributed by atoms with Gasteiger partial charge in [0, 0.05) is 34.0 Å². The van der Waals surface area contributed by atoms with Crippen LogP contribution in [0.5, 0.6) is 5.75 Å². The first-order valence-corrected chi connectivity index (χ1v) is 22.4. The number of hydrogen-bond acceptors (Lipinski definition) is 1. The first kappa shape index (κ1) is 36.2. The van der Waals surface area contributed by atoms with Gasteiger partial charge in [-0.05, 0) is 105 Å². The van der Waals surface area contributed by atoms with E-state index < -0.39 is 0 Å². The second-order valence-electron chi connectivity index (χ2n) is 18.2. The van der Waals surface area contributed by atoms with E-state index in [-0.39, 0.29) is 23.4 Å². The lowest BCUT2D eigenvalue weighted by Crippen LogP contribution is -2.39. The molecule has 0 fully saturated rings. The smallest absolute Gasteiger partial charge is 0.135 e. The topological polar surface area (TPSA) is 9.23 Å². The number of hydrogen-bond donors (Lipinski definition) is 0. The maximum Gasteiger partial charge on any atom is 0.135 e. The maximum atomic E-state index is 7.56. The second-order valence-corrected chi connectivity index (χ2v) is 18.2. The minimum absolute atomic E-state index is 0.0660. The number of ether oxygens (including phenoxy) is 1. The van der Waals surface area contributed by atoms with E-state index in [9.17, 15) is 0 Å². The lowest BCUT2D eigenvalue weighted by atomic mass is 9.78. The molecule has 3 aliphatic rings. The maximum absolute atomic E-state index is 7.56. The number of rotatable bonds is 5. The summed E-state index contributed by atoms with van der Waals surface area (Å²) in [4.78, 5) is 0. The van der Waals surface area contributed by atoms with Crippen molar-refractivity contribution in [3.63, 3.8) is 0 Å². The summed E-state index contributed by atoms with van der Waals surface area (Å²) in [5, 5.41) is 10.2. The Morgan fingerprint density at radius 1 is 0.444 bits per heavy atom. The fraction of sp³-hybridized carbons (Fsp3) is 0.0968. The Morgan fingerprint density at radius 3 is 1.83 bits per heavy atom. The summed E-state index contributed by atoms with van der Waals surface area (Å²) < 4.78 is 7.56. The van der Waals surface area contributed by atoms with Crippen LogP contribution in [0.15, 0.2) is 206 Å². The van der Waals surface area contributed by atoms with Crippen molar-refractivity contribution in [2.75, 3.05) is 0 Å². The quantitative estimate of drug-likeness (QED) is 0.124. The van der Waals surface area contributed by atoms with Crippen LogP contribution in [0.4, 0.5) is 0 Å². The van der Waals surface area contributed by atoms with Crippen molar-refractivity contribution in [2.45, 2.75) is 37.2 Å². The molecule has 1 heteroatoms. The number of para-hydroxylation sites is 1. The van der Waals surface area contributed by atoms with Crippen LogP contribution in [0.25, 0.3) is 66.2 Å². The summed E-state index contributed by atoms with van der Waals surface area (Å²) in [5.41, 5.74) is 15.2. The zero-order valence-electron chi connectivity index (χ0n) is 35.3. The third-order valence-corrected chi connectivity index (χ3v) is 14.6. The molecule has 0 saturated carbocycles. The van der Waals surface area contributed by atoms with E-state index in [1.165, 1.54) is 110 Å². The minimum Gasteiger partial charge on any atom is -0.484 e. The average molecular weight is 805 g/mol. The van der Waals surface area contributed by atoms with Gasteiger partial charge in [0.1, 0.15) is 11.9 Å². The van der Waals surface area contributed by atoms with E-state index in [2.05, 4.69) is 226 Å². The standard InChI is InChI=1S/C62H44O/c1-62(2)56-26-13-12-23-50(56)51-34-32-43(37-57(51)62)59-44-18-7-6-17-41(44)35-55-52-24-14-25-53(60(52)63-61(55)59)58(40-29-27-39(28-30-40)38-15-4-3-5-16-38)42-31-33-49-47-21-9-8-19-45(47)46-20-10-11-22-48(46)54(49)36-42/h3-37,55,58,61H,1-2H3. The van der Waals surface area contributed by atoms with E-state index >= 15 is 0 Å². The monoisotopic (exact) mass is 804 g/mol. The van der Waals surface area contributed by atoms with Gasteiger partial charge in [-0.2, -0.15) is 0 Å². The SMILES string of the molecule is CC1(C)c2ccccc2-c2ccc(C3=c4ccccc4=CC4c5cccc(C(c6ccc(-c7ccccc7)cc6)c6ccc7c8ccccc8c8ccccc8c7c6)c5OC34)cc21. The van der Waals surface area contributed by atoms with Crippen LogP contribution in [0.3, 0.4) is 0 Å². The van der Waals surface area contributed by atoms with Crippen molar-refractivity contribution >= 4 is 44.0 Å². The third-order valence-electron chi connectivity index (χ3n) is 14.6. The Hall–Kier alpha value is -7.48. The Balaban J connectivity index is 0.997. The van der Waals surface area contributed by atoms with Crippen molar-refractivity contribution in [1.29, 1.82) is 0 Å². The van der Waals surface area contributed by atoms with Gasteiger partial charge in [0.2, 0.25) is 0 Å². The van der Waals surface area contributed by atoms with E-state index in [0.717, 1.165) is 5.75 Å². The Bertz CT molecular complexity index is 3600. The molecule has 1 heterocycles. The van der Waals surface area contributed by atoms with Crippen LogP contribution in [0.1, 0.15) is 64.6 Å². The highest BCUT2D eigenvalue weighted by atomic mass is 16.5. The minimum atomic E-state index is -0.172. The highest BCUT2D eigenvalue weighted by molar-refractivity contribution is 6.25. The summed E-state index contributed by atoms with van der Waals surface area (Å²) >= 11 is 0. The van der Waals surface area contributed by atoms with Crippen molar-refractivity contribution < 1.29 is 4.74 Å². The Labute approximate surface area is 367 Å². The van der Waals surface area contributed by atoms with Crippen molar-refractivity contribution in [1.82, 2.24) is 0 Å². The summed E-state index contributed by atoms with van der Waals surface area (Å²) in [6.45, 7) is 4.74. The predicted octanol–water partition coefficient (Wildman–Crippen LogP) is 13.8. The molecule has 0 aromatic heterocycles. The fourth-order valence-corrected chi connectivity index (χ4v) is 11.6. The summed E-state index contributed by atoms with van der Waals surface area (Å²) in [6, 6.07) is 76.7. The van der Waals surface area contributed by atoms with Gasteiger partial charge in [-0.25, -0.2) is 0 Å². The molecular formula is C62H44O. The van der Waals surface area contributed by atoms with Gasteiger partial charge in [-0.15, -0.1) is 0 Å². The van der Waals surface area contributed by atoms with Gasteiger partial charge in [0.05, 0.1) is 0 Å². The van der Waals surface area contributed by atoms with Gasteiger partial charge < -0.3 is 4.74 Å². The molecule has 1 aliphatic heterocycles. The first-order valence-electron chi connectivity index (χ1n) is 22.4. The highest BCUT2D eigenvalue weighted by Gasteiger charge is 2.42. The van der Waals surface area contributed by atoms with Crippen LogP contribution in [0, 0.1) is 0 Å². The molecular weight excluding hydrogens is 761 g/mol. The molecule has 0 bridgehead atoms. The van der Waals surface area contributed by atoms with Gasteiger partial charge in [0.15, 0.2) is 0 Å². The van der Waals surface area contributed by atoms with Crippen molar-refractivity contribution in [3.8, 4) is 28.0 Å². The van der Waals surface area contributed by atoms with Crippen LogP contribution >= 0.6 is 0 Å². The Morgan fingerprint density at radius 2 is 1.05 bits per heavy atom.